The lowest BCUT2D eigenvalue weighted by molar-refractivity contribution is -0.122. The van der Waals surface area contributed by atoms with Gasteiger partial charge in [0.25, 0.3) is 0 Å². The SMILES string of the molecule is COc1cc2c(c(OC)c1OC)-c1ccc(NCCCC(=O)N[C@H](CCSC)c3nnc4ccccn34)c(=O)cc1[C@H](NC(C)=O)CC2. The van der Waals surface area contributed by atoms with Crippen LogP contribution < -0.4 is 35.6 Å². The molecule has 2 heterocycles. The standard InChI is InChI=1S/C35H42N6O6S/c1-21(42)37-25-13-11-22-19-29(45-2)33(46-3)34(47-4)32(22)23-12-14-26(28(43)20-24(23)25)36-16-8-10-31(44)38-27(15-18-48-5)35-40-39-30-9-6-7-17-41(30)35/h6-7,9,12,14,17,19-20,25,27H,8,10-11,13,15-16,18H2,1-5H3,(H,36,43)(H,37,42)(H,38,44)/t25-,27-/m1/s1. The first-order chi connectivity index (χ1) is 23.3. The Hall–Kier alpha value is -4.78. The normalized spacial score (nSPS) is 14.2. The molecule has 0 unspecified atom stereocenters. The minimum absolute atomic E-state index is 0.102. The van der Waals surface area contributed by atoms with Crippen molar-refractivity contribution in [2.24, 2.45) is 0 Å². The Balaban J connectivity index is 1.35. The van der Waals surface area contributed by atoms with Gasteiger partial charge >= 0.3 is 0 Å². The number of hydrogen-bond acceptors (Lipinski definition) is 10. The van der Waals surface area contributed by atoms with Gasteiger partial charge in [-0.05, 0) is 84.7 Å². The molecule has 0 saturated carbocycles. The zero-order chi connectivity index (χ0) is 34.2. The number of ether oxygens (including phenoxy) is 3. The molecule has 0 spiro atoms. The first-order valence-corrected chi connectivity index (χ1v) is 17.3. The summed E-state index contributed by atoms with van der Waals surface area (Å²) in [5.74, 6) is 2.73. The zero-order valence-corrected chi connectivity index (χ0v) is 28.7. The summed E-state index contributed by atoms with van der Waals surface area (Å²) in [6.07, 6.45) is 6.60. The van der Waals surface area contributed by atoms with Crippen molar-refractivity contribution < 1.29 is 23.8 Å². The lowest BCUT2D eigenvalue weighted by atomic mass is 9.95. The van der Waals surface area contributed by atoms with Gasteiger partial charge in [0.15, 0.2) is 23.0 Å². The number of thioether (sulfide) groups is 1. The summed E-state index contributed by atoms with van der Waals surface area (Å²) >= 11 is 1.71. The second kappa shape index (κ2) is 15.9. The van der Waals surface area contributed by atoms with E-state index in [1.54, 1.807) is 45.2 Å². The molecule has 0 aliphatic heterocycles. The number of carbonyl (C=O) groups excluding carboxylic acids is 2. The van der Waals surface area contributed by atoms with Crippen molar-refractivity contribution >= 4 is 34.9 Å². The smallest absolute Gasteiger partial charge is 0.220 e. The van der Waals surface area contributed by atoms with Gasteiger partial charge in [-0.15, -0.1) is 10.2 Å². The molecule has 2 amide bonds. The highest BCUT2D eigenvalue weighted by atomic mass is 32.2. The summed E-state index contributed by atoms with van der Waals surface area (Å²) in [5.41, 5.74) is 4.06. The maximum Gasteiger partial charge on any atom is 0.220 e. The Morgan fingerprint density at radius 1 is 1.06 bits per heavy atom. The lowest BCUT2D eigenvalue weighted by Crippen LogP contribution is -2.30. The quantitative estimate of drug-likeness (QED) is 0.161. The number of methoxy groups -OCH3 is 3. The average molecular weight is 675 g/mol. The second-order valence-electron chi connectivity index (χ2n) is 11.5. The minimum atomic E-state index is -0.398. The fraction of sp³-hybridized carbons (Fsp3) is 0.400. The number of benzene rings is 1. The van der Waals surface area contributed by atoms with Crippen LogP contribution in [0.5, 0.6) is 17.2 Å². The Bertz CT molecular complexity index is 1850. The van der Waals surface area contributed by atoms with Crippen molar-refractivity contribution in [3.05, 3.63) is 75.8 Å². The van der Waals surface area contributed by atoms with E-state index in [-0.39, 0.29) is 29.7 Å². The molecular weight excluding hydrogens is 632 g/mol. The van der Waals surface area contributed by atoms with Crippen LogP contribution in [0.25, 0.3) is 16.8 Å². The molecule has 3 N–H and O–H groups in total. The molecule has 0 radical (unpaired) electrons. The molecule has 1 aliphatic carbocycles. The van der Waals surface area contributed by atoms with E-state index in [0.717, 1.165) is 34.5 Å². The van der Waals surface area contributed by atoms with Crippen LogP contribution in [-0.2, 0) is 16.0 Å². The molecule has 4 aromatic rings. The molecule has 2 atom stereocenters. The van der Waals surface area contributed by atoms with Crippen molar-refractivity contribution in [2.75, 3.05) is 45.2 Å². The largest absolute Gasteiger partial charge is 0.493 e. The van der Waals surface area contributed by atoms with Crippen molar-refractivity contribution in [1.82, 2.24) is 25.2 Å². The summed E-state index contributed by atoms with van der Waals surface area (Å²) < 4.78 is 19.0. The van der Waals surface area contributed by atoms with Gasteiger partial charge in [-0.25, -0.2) is 0 Å². The molecular formula is C35H42N6O6S. The third-order valence-corrected chi connectivity index (χ3v) is 9.05. The molecule has 2 aromatic heterocycles. The van der Waals surface area contributed by atoms with Crippen LogP contribution in [0.15, 0.2) is 53.5 Å². The number of fused-ring (bicyclic) bond motifs is 4. The number of amides is 2. The van der Waals surface area contributed by atoms with Crippen molar-refractivity contribution in [3.8, 4) is 28.4 Å². The molecule has 0 bridgehead atoms. The van der Waals surface area contributed by atoms with Crippen molar-refractivity contribution in [3.63, 3.8) is 0 Å². The summed E-state index contributed by atoms with van der Waals surface area (Å²) in [6, 6.07) is 12.1. The number of anilines is 1. The number of hydrogen-bond donors (Lipinski definition) is 3. The van der Waals surface area contributed by atoms with Gasteiger partial charge in [-0.1, -0.05) is 12.1 Å². The number of aryl methyl sites for hydroxylation is 1. The predicted molar refractivity (Wildman–Crippen MR) is 187 cm³/mol. The summed E-state index contributed by atoms with van der Waals surface area (Å²) in [5, 5.41) is 18.0. The van der Waals surface area contributed by atoms with Gasteiger partial charge in [0.1, 0.15) is 0 Å². The number of pyridine rings is 1. The van der Waals surface area contributed by atoms with E-state index in [9.17, 15) is 14.4 Å². The van der Waals surface area contributed by atoms with Crippen molar-refractivity contribution in [1.29, 1.82) is 0 Å². The molecule has 1 aliphatic rings. The van der Waals surface area contributed by atoms with Gasteiger partial charge in [-0.2, -0.15) is 11.8 Å². The van der Waals surface area contributed by atoms with Crippen LogP contribution in [-0.4, -0.2) is 66.3 Å². The molecule has 5 rings (SSSR count). The second-order valence-corrected chi connectivity index (χ2v) is 12.5. The van der Waals surface area contributed by atoms with Gasteiger partial charge in [0, 0.05) is 31.6 Å². The molecule has 48 heavy (non-hydrogen) atoms. The fourth-order valence-corrected chi connectivity index (χ4v) is 6.66. The minimum Gasteiger partial charge on any atom is -0.493 e. The Morgan fingerprint density at radius 3 is 2.60 bits per heavy atom. The lowest BCUT2D eigenvalue weighted by Gasteiger charge is -2.19. The number of nitrogens with zero attached hydrogens (tertiary/aromatic N) is 3. The zero-order valence-electron chi connectivity index (χ0n) is 27.9. The van der Waals surface area contributed by atoms with Gasteiger partial charge < -0.3 is 30.2 Å². The Morgan fingerprint density at radius 2 is 1.88 bits per heavy atom. The van der Waals surface area contributed by atoms with E-state index >= 15 is 0 Å². The van der Waals surface area contributed by atoms with E-state index in [2.05, 4.69) is 26.1 Å². The summed E-state index contributed by atoms with van der Waals surface area (Å²) in [6.45, 7) is 1.87. The van der Waals surface area contributed by atoms with E-state index in [4.69, 9.17) is 14.2 Å². The topological polar surface area (TPSA) is 145 Å². The molecule has 0 fully saturated rings. The number of nitrogens with one attached hydrogen (secondary N) is 3. The third-order valence-electron chi connectivity index (χ3n) is 8.41. The van der Waals surface area contributed by atoms with E-state index in [1.165, 1.54) is 6.92 Å². The molecule has 0 saturated heterocycles. The van der Waals surface area contributed by atoms with Crippen LogP contribution in [0.1, 0.15) is 61.6 Å². The fourth-order valence-electron chi connectivity index (χ4n) is 6.19. The number of rotatable bonds is 14. The summed E-state index contributed by atoms with van der Waals surface area (Å²) in [7, 11) is 4.69. The molecule has 254 valence electrons. The van der Waals surface area contributed by atoms with Gasteiger partial charge in [0.2, 0.25) is 23.0 Å². The van der Waals surface area contributed by atoms with Crippen LogP contribution in [0, 0.1) is 0 Å². The van der Waals surface area contributed by atoms with Crippen molar-refractivity contribution in [2.45, 2.75) is 51.1 Å². The highest BCUT2D eigenvalue weighted by Gasteiger charge is 2.29. The maximum atomic E-state index is 13.6. The number of carbonyl (C=O) groups is 2. The van der Waals surface area contributed by atoms with Gasteiger partial charge in [0.05, 0.1) is 39.1 Å². The third kappa shape index (κ3) is 7.51. The molecule has 2 aromatic carbocycles. The average Bonchev–Trinajstić information content (AvgIpc) is 3.38. The molecule has 13 heteroatoms. The van der Waals surface area contributed by atoms with E-state index in [0.29, 0.717) is 60.1 Å². The first kappa shape index (κ1) is 34.6. The summed E-state index contributed by atoms with van der Waals surface area (Å²) in [4.78, 5) is 38.9. The maximum absolute atomic E-state index is 13.6. The van der Waals surface area contributed by atoms with E-state index in [1.807, 2.05) is 47.2 Å². The highest BCUT2D eigenvalue weighted by Crippen LogP contribution is 2.50. The Kier molecular flexibility index (Phi) is 11.4. The van der Waals surface area contributed by atoms with Crippen LogP contribution in [0.2, 0.25) is 0 Å². The number of aromatic nitrogens is 3. The Labute approximate surface area is 284 Å². The first-order valence-electron chi connectivity index (χ1n) is 15.9. The predicted octanol–water partition coefficient (Wildman–Crippen LogP) is 4.71. The molecule has 12 nitrogen and oxygen atoms in total. The van der Waals surface area contributed by atoms with Gasteiger partial charge in [-0.3, -0.25) is 18.8 Å². The monoisotopic (exact) mass is 674 g/mol. The highest BCUT2D eigenvalue weighted by molar-refractivity contribution is 7.98. The van der Waals surface area contributed by atoms with Crippen LogP contribution in [0.3, 0.4) is 0 Å². The van der Waals surface area contributed by atoms with Crippen LogP contribution in [0.4, 0.5) is 5.69 Å². The van der Waals surface area contributed by atoms with Crippen LogP contribution >= 0.6 is 11.8 Å². The van der Waals surface area contributed by atoms with E-state index < -0.39 is 6.04 Å².